The van der Waals surface area contributed by atoms with Crippen molar-refractivity contribution >= 4 is 17.9 Å². The highest BCUT2D eigenvalue weighted by Crippen LogP contribution is 2.27. The number of ether oxygens (including phenoxy) is 1. The number of nitriles is 1. The van der Waals surface area contributed by atoms with Gasteiger partial charge in [0.25, 0.3) is 11.8 Å². The van der Waals surface area contributed by atoms with Crippen LogP contribution in [0.4, 0.5) is 4.79 Å². The number of carbonyl (C=O) groups is 3. The molecule has 0 saturated carbocycles. The molecule has 2 atom stereocenters. The molecule has 2 rings (SSSR count). The van der Waals surface area contributed by atoms with E-state index in [2.05, 4.69) is 16.7 Å². The molecule has 0 aromatic heterocycles. The Bertz CT molecular complexity index is 806. The molecule has 1 aliphatic rings. The van der Waals surface area contributed by atoms with E-state index in [1.54, 1.807) is 6.92 Å². The van der Waals surface area contributed by atoms with Crippen LogP contribution in [0, 0.1) is 17.2 Å². The summed E-state index contributed by atoms with van der Waals surface area (Å²) in [6.07, 6.45) is 0.131. The van der Waals surface area contributed by atoms with Gasteiger partial charge in [0.1, 0.15) is 6.07 Å². The normalized spacial score (nSPS) is 19.5. The first-order valence-corrected chi connectivity index (χ1v) is 10.8. The highest BCUT2D eigenvalue weighted by molar-refractivity contribution is 5.96. The lowest BCUT2D eigenvalue weighted by molar-refractivity contribution is -0.151. The van der Waals surface area contributed by atoms with E-state index in [0.29, 0.717) is 13.0 Å². The molecule has 8 heteroatoms. The van der Waals surface area contributed by atoms with Crippen molar-refractivity contribution in [3.05, 3.63) is 35.9 Å². The van der Waals surface area contributed by atoms with Crippen molar-refractivity contribution in [2.45, 2.75) is 64.6 Å². The molecular formula is C23H32N4O4. The Morgan fingerprint density at radius 1 is 1.29 bits per heavy atom. The van der Waals surface area contributed by atoms with Gasteiger partial charge in [0.15, 0.2) is 6.10 Å². The molecule has 1 aromatic rings. The highest BCUT2D eigenvalue weighted by Gasteiger charge is 2.48. The SMILES string of the molecule is CCN(C(=O)C(CC(C)C)OC(=O)NCc1ccccc1)C1(C#N)CCCCNC1=O. The molecule has 0 spiro atoms. The summed E-state index contributed by atoms with van der Waals surface area (Å²) < 4.78 is 5.49. The molecule has 3 amide bonds. The summed E-state index contributed by atoms with van der Waals surface area (Å²) in [5.74, 6) is -0.931. The summed E-state index contributed by atoms with van der Waals surface area (Å²) in [4.78, 5) is 39.9. The Hall–Kier alpha value is -3.08. The van der Waals surface area contributed by atoms with Crippen LogP contribution in [0.15, 0.2) is 30.3 Å². The summed E-state index contributed by atoms with van der Waals surface area (Å²) in [7, 11) is 0. The molecule has 0 bridgehead atoms. The minimum atomic E-state index is -1.60. The number of likely N-dealkylation sites (N-methyl/N-ethyl adjacent to an activating group) is 1. The Balaban J connectivity index is 2.18. The summed E-state index contributed by atoms with van der Waals surface area (Å²) in [5.41, 5.74) is -0.693. The number of hydrogen-bond acceptors (Lipinski definition) is 5. The zero-order valence-corrected chi connectivity index (χ0v) is 18.5. The number of carbonyl (C=O) groups excluding carboxylic acids is 3. The lowest BCUT2D eigenvalue weighted by atomic mass is 9.90. The molecule has 31 heavy (non-hydrogen) atoms. The molecular weight excluding hydrogens is 396 g/mol. The molecule has 1 aliphatic heterocycles. The predicted octanol–water partition coefficient (Wildman–Crippen LogP) is 2.74. The fraction of sp³-hybridized carbons (Fsp3) is 0.565. The number of hydrogen-bond donors (Lipinski definition) is 2. The number of alkyl carbamates (subject to hydrolysis) is 1. The van der Waals surface area contributed by atoms with E-state index in [-0.39, 0.29) is 31.8 Å². The highest BCUT2D eigenvalue weighted by atomic mass is 16.6. The third-order valence-corrected chi connectivity index (χ3v) is 5.34. The van der Waals surface area contributed by atoms with Gasteiger partial charge < -0.3 is 20.3 Å². The van der Waals surface area contributed by atoms with E-state index in [1.165, 1.54) is 4.90 Å². The standard InChI is InChI=1S/C23H32N4O4/c1-4-27(23(16-24)12-8-9-13-25-21(23)29)20(28)19(14-17(2)3)31-22(30)26-15-18-10-6-5-7-11-18/h5-7,10-11,17,19H,4,8-9,12-15H2,1-3H3,(H,25,29)(H,26,30). The van der Waals surface area contributed by atoms with Crippen molar-refractivity contribution in [1.29, 1.82) is 5.26 Å². The second-order valence-electron chi connectivity index (χ2n) is 8.13. The van der Waals surface area contributed by atoms with Crippen LogP contribution in [0.25, 0.3) is 0 Å². The number of rotatable bonds is 8. The van der Waals surface area contributed by atoms with Crippen LogP contribution in [0.3, 0.4) is 0 Å². The van der Waals surface area contributed by atoms with Gasteiger partial charge in [-0.1, -0.05) is 44.2 Å². The minimum Gasteiger partial charge on any atom is -0.436 e. The fourth-order valence-corrected chi connectivity index (χ4v) is 3.75. The summed E-state index contributed by atoms with van der Waals surface area (Å²) >= 11 is 0. The van der Waals surface area contributed by atoms with Gasteiger partial charge >= 0.3 is 6.09 Å². The maximum atomic E-state index is 13.4. The van der Waals surface area contributed by atoms with Gasteiger partial charge in [0.05, 0.1) is 0 Å². The molecule has 2 N–H and O–H groups in total. The zero-order valence-electron chi connectivity index (χ0n) is 18.5. The number of nitrogens with one attached hydrogen (secondary N) is 2. The van der Waals surface area contributed by atoms with Gasteiger partial charge in [0, 0.05) is 19.6 Å². The monoisotopic (exact) mass is 428 g/mol. The van der Waals surface area contributed by atoms with Crippen LogP contribution >= 0.6 is 0 Å². The quantitative estimate of drug-likeness (QED) is 0.661. The number of nitrogens with zero attached hydrogens (tertiary/aromatic N) is 2. The number of benzene rings is 1. The summed E-state index contributed by atoms with van der Waals surface area (Å²) in [6, 6.07) is 11.4. The second-order valence-corrected chi connectivity index (χ2v) is 8.13. The van der Waals surface area contributed by atoms with Crippen LogP contribution in [-0.2, 0) is 20.9 Å². The average molecular weight is 429 g/mol. The Labute approximate surface area is 183 Å². The largest absolute Gasteiger partial charge is 0.436 e. The maximum Gasteiger partial charge on any atom is 0.408 e. The Morgan fingerprint density at radius 3 is 2.61 bits per heavy atom. The van der Waals surface area contributed by atoms with Crippen molar-refractivity contribution in [2.24, 2.45) is 5.92 Å². The Kier molecular flexibility index (Phi) is 8.86. The van der Waals surface area contributed by atoms with Gasteiger partial charge in [0.2, 0.25) is 5.54 Å². The van der Waals surface area contributed by atoms with Gasteiger partial charge in [-0.05, 0) is 44.1 Å². The van der Waals surface area contributed by atoms with Crippen LogP contribution < -0.4 is 10.6 Å². The molecule has 8 nitrogen and oxygen atoms in total. The third-order valence-electron chi connectivity index (χ3n) is 5.34. The van der Waals surface area contributed by atoms with E-state index in [9.17, 15) is 19.6 Å². The first kappa shape index (κ1) is 24.2. The first-order chi connectivity index (χ1) is 14.8. The van der Waals surface area contributed by atoms with Crippen LogP contribution in [0.5, 0.6) is 0 Å². The topological polar surface area (TPSA) is 112 Å². The van der Waals surface area contributed by atoms with Crippen molar-refractivity contribution in [3.8, 4) is 6.07 Å². The van der Waals surface area contributed by atoms with Gasteiger partial charge in [-0.15, -0.1) is 0 Å². The van der Waals surface area contributed by atoms with E-state index in [0.717, 1.165) is 12.0 Å². The molecule has 1 aromatic carbocycles. The molecule has 1 heterocycles. The van der Waals surface area contributed by atoms with Crippen molar-refractivity contribution in [2.75, 3.05) is 13.1 Å². The first-order valence-electron chi connectivity index (χ1n) is 10.8. The lowest BCUT2D eigenvalue weighted by Crippen LogP contribution is -2.61. The Morgan fingerprint density at radius 2 is 2.00 bits per heavy atom. The lowest BCUT2D eigenvalue weighted by Gasteiger charge is -2.37. The minimum absolute atomic E-state index is 0.0653. The third kappa shape index (κ3) is 6.20. The predicted molar refractivity (Wildman–Crippen MR) is 116 cm³/mol. The molecule has 0 radical (unpaired) electrons. The van der Waals surface area contributed by atoms with Crippen LogP contribution in [0.2, 0.25) is 0 Å². The van der Waals surface area contributed by atoms with Crippen molar-refractivity contribution in [3.63, 3.8) is 0 Å². The van der Waals surface area contributed by atoms with E-state index < -0.39 is 29.6 Å². The van der Waals surface area contributed by atoms with Crippen LogP contribution in [-0.4, -0.2) is 47.5 Å². The molecule has 1 saturated heterocycles. The van der Waals surface area contributed by atoms with Gasteiger partial charge in [-0.3, -0.25) is 9.59 Å². The fourth-order valence-electron chi connectivity index (χ4n) is 3.75. The van der Waals surface area contributed by atoms with E-state index >= 15 is 0 Å². The van der Waals surface area contributed by atoms with Gasteiger partial charge in [-0.2, -0.15) is 5.26 Å². The van der Waals surface area contributed by atoms with E-state index in [1.807, 2.05) is 44.2 Å². The molecule has 1 fully saturated rings. The van der Waals surface area contributed by atoms with Crippen molar-refractivity contribution in [1.82, 2.24) is 15.5 Å². The molecule has 168 valence electrons. The summed E-state index contributed by atoms with van der Waals surface area (Å²) in [6.45, 7) is 6.45. The number of amides is 3. The summed E-state index contributed by atoms with van der Waals surface area (Å²) in [5, 5.41) is 15.3. The second kappa shape index (κ2) is 11.3. The van der Waals surface area contributed by atoms with Gasteiger partial charge in [-0.25, -0.2) is 4.79 Å². The van der Waals surface area contributed by atoms with E-state index in [4.69, 9.17) is 4.74 Å². The molecule has 0 aliphatic carbocycles. The zero-order chi connectivity index (χ0) is 22.9. The maximum absolute atomic E-state index is 13.4. The van der Waals surface area contributed by atoms with Crippen molar-refractivity contribution < 1.29 is 19.1 Å². The smallest absolute Gasteiger partial charge is 0.408 e. The average Bonchev–Trinajstić information content (AvgIpc) is 2.94. The molecule has 2 unspecified atom stereocenters. The van der Waals surface area contributed by atoms with Crippen LogP contribution in [0.1, 0.15) is 52.0 Å².